The largest absolute Gasteiger partial charge is 0.462 e. The second kappa shape index (κ2) is 8.57. The maximum Gasteiger partial charge on any atom is 0.339 e. The van der Waals surface area contributed by atoms with Crippen molar-refractivity contribution in [3.63, 3.8) is 0 Å². The number of ether oxygens (including phenoxy) is 1. The molecule has 0 aliphatic carbocycles. The molecule has 0 N–H and O–H groups in total. The van der Waals surface area contributed by atoms with Gasteiger partial charge in [-0.2, -0.15) is 0 Å². The lowest BCUT2D eigenvalue weighted by atomic mass is 10.00. The van der Waals surface area contributed by atoms with Gasteiger partial charge >= 0.3 is 5.97 Å². The first kappa shape index (κ1) is 20.0. The Morgan fingerprint density at radius 1 is 1.00 bits per heavy atom. The Labute approximate surface area is 176 Å². The van der Waals surface area contributed by atoms with E-state index in [1.807, 2.05) is 64.9 Å². The summed E-state index contributed by atoms with van der Waals surface area (Å²) >= 11 is 0. The van der Waals surface area contributed by atoms with Crippen LogP contribution in [0.4, 0.5) is 0 Å². The predicted molar refractivity (Wildman–Crippen MR) is 116 cm³/mol. The lowest BCUT2D eigenvalue weighted by Gasteiger charge is -2.29. The fourth-order valence-corrected chi connectivity index (χ4v) is 4.06. The summed E-state index contributed by atoms with van der Waals surface area (Å²) in [5, 5.41) is 0. The third-order valence-corrected chi connectivity index (χ3v) is 5.71. The molecule has 4 rings (SSSR count). The third-order valence-electron chi connectivity index (χ3n) is 5.71. The zero-order chi connectivity index (χ0) is 21.1. The molecule has 5 heteroatoms. The van der Waals surface area contributed by atoms with Gasteiger partial charge in [0.2, 0.25) is 5.91 Å². The van der Waals surface area contributed by atoms with E-state index in [0.29, 0.717) is 25.3 Å². The molecule has 0 radical (unpaired) electrons. The van der Waals surface area contributed by atoms with Crippen molar-refractivity contribution in [3.8, 4) is 11.3 Å². The van der Waals surface area contributed by atoms with Gasteiger partial charge in [-0.25, -0.2) is 4.79 Å². The maximum atomic E-state index is 13.2. The van der Waals surface area contributed by atoms with Crippen molar-refractivity contribution in [1.29, 1.82) is 0 Å². The number of carbonyl (C=O) groups is 2. The molecule has 154 valence electrons. The molecule has 0 fully saturated rings. The van der Waals surface area contributed by atoms with Crippen molar-refractivity contribution >= 4 is 11.9 Å². The SMILES string of the molecule is CCOC(=O)c1cc(-c2ccccc2)n(CC(=O)N2CCc3ccccc3C2)c1C. The minimum absolute atomic E-state index is 0.0517. The quantitative estimate of drug-likeness (QED) is 0.600. The molecular weight excluding hydrogens is 376 g/mol. The molecule has 1 aromatic heterocycles. The van der Waals surface area contributed by atoms with Crippen LogP contribution in [0.25, 0.3) is 11.3 Å². The first-order valence-corrected chi connectivity index (χ1v) is 10.4. The molecule has 3 aromatic rings. The van der Waals surface area contributed by atoms with E-state index >= 15 is 0 Å². The number of esters is 1. The number of rotatable bonds is 5. The van der Waals surface area contributed by atoms with Crippen LogP contribution in [-0.4, -0.2) is 34.5 Å². The van der Waals surface area contributed by atoms with Crippen LogP contribution in [0.5, 0.6) is 0 Å². The van der Waals surface area contributed by atoms with Gasteiger partial charge in [-0.1, -0.05) is 54.6 Å². The Bertz CT molecular complexity index is 1070. The first-order chi connectivity index (χ1) is 14.6. The number of hydrogen-bond donors (Lipinski definition) is 0. The molecule has 0 spiro atoms. The number of hydrogen-bond acceptors (Lipinski definition) is 3. The van der Waals surface area contributed by atoms with E-state index in [9.17, 15) is 9.59 Å². The van der Waals surface area contributed by atoms with Gasteiger partial charge in [0.1, 0.15) is 6.54 Å². The number of carbonyl (C=O) groups excluding carboxylic acids is 2. The molecule has 1 amide bonds. The summed E-state index contributed by atoms with van der Waals surface area (Å²) in [7, 11) is 0. The molecule has 30 heavy (non-hydrogen) atoms. The minimum Gasteiger partial charge on any atom is -0.462 e. The maximum absolute atomic E-state index is 13.2. The molecule has 0 atom stereocenters. The standard InChI is InChI=1S/C25H26N2O3/c1-3-30-25(29)22-15-23(20-10-5-4-6-11-20)27(18(22)2)17-24(28)26-14-13-19-9-7-8-12-21(19)16-26/h4-12,15H,3,13-14,16-17H2,1-2H3. The van der Waals surface area contributed by atoms with E-state index in [2.05, 4.69) is 12.1 Å². The van der Waals surface area contributed by atoms with Crippen LogP contribution in [0, 0.1) is 6.92 Å². The van der Waals surface area contributed by atoms with E-state index in [0.717, 1.165) is 23.4 Å². The van der Waals surface area contributed by atoms with Crippen molar-refractivity contribution in [3.05, 3.63) is 83.0 Å². The van der Waals surface area contributed by atoms with Crippen LogP contribution in [-0.2, 0) is 29.0 Å². The smallest absolute Gasteiger partial charge is 0.339 e. The zero-order valence-corrected chi connectivity index (χ0v) is 17.4. The molecule has 1 aliphatic heterocycles. The van der Waals surface area contributed by atoms with Crippen molar-refractivity contribution in [1.82, 2.24) is 9.47 Å². The van der Waals surface area contributed by atoms with Gasteiger partial charge < -0.3 is 14.2 Å². The Kier molecular flexibility index (Phi) is 5.70. The Hall–Kier alpha value is -3.34. The molecule has 0 bridgehead atoms. The summed E-state index contributed by atoms with van der Waals surface area (Å²) in [6.07, 6.45) is 0.867. The van der Waals surface area contributed by atoms with Gasteiger partial charge in [0.15, 0.2) is 0 Å². The lowest BCUT2D eigenvalue weighted by molar-refractivity contribution is -0.132. The molecule has 0 saturated heterocycles. The van der Waals surface area contributed by atoms with Crippen LogP contribution in [0.1, 0.15) is 34.1 Å². The van der Waals surface area contributed by atoms with Crippen LogP contribution in [0.3, 0.4) is 0 Å². The van der Waals surface area contributed by atoms with E-state index in [1.165, 1.54) is 11.1 Å². The molecule has 5 nitrogen and oxygen atoms in total. The highest BCUT2D eigenvalue weighted by atomic mass is 16.5. The van der Waals surface area contributed by atoms with E-state index in [1.54, 1.807) is 6.92 Å². The summed E-state index contributed by atoms with van der Waals surface area (Å²) in [6.45, 7) is 5.51. The molecule has 2 heterocycles. The minimum atomic E-state index is -0.356. The van der Waals surface area contributed by atoms with Gasteiger partial charge in [0.05, 0.1) is 12.2 Å². The van der Waals surface area contributed by atoms with Crippen molar-refractivity contribution in [2.45, 2.75) is 33.4 Å². The molecule has 0 saturated carbocycles. The normalized spacial score (nSPS) is 13.1. The predicted octanol–water partition coefficient (Wildman–Crippen LogP) is 4.23. The van der Waals surface area contributed by atoms with Gasteiger partial charge in [-0.05, 0) is 43.0 Å². The van der Waals surface area contributed by atoms with Gasteiger partial charge in [0, 0.05) is 24.5 Å². The van der Waals surface area contributed by atoms with Crippen LogP contribution in [0.15, 0.2) is 60.7 Å². The number of amides is 1. The van der Waals surface area contributed by atoms with Crippen molar-refractivity contribution in [2.75, 3.05) is 13.2 Å². The monoisotopic (exact) mass is 402 g/mol. The van der Waals surface area contributed by atoms with Gasteiger partial charge in [-0.15, -0.1) is 0 Å². The van der Waals surface area contributed by atoms with Crippen LogP contribution >= 0.6 is 0 Å². The first-order valence-electron chi connectivity index (χ1n) is 10.4. The highest BCUT2D eigenvalue weighted by Crippen LogP contribution is 2.27. The zero-order valence-electron chi connectivity index (χ0n) is 17.4. The third kappa shape index (κ3) is 3.88. The Balaban J connectivity index is 1.64. The Morgan fingerprint density at radius 2 is 1.70 bits per heavy atom. The molecular formula is C25H26N2O3. The second-order valence-corrected chi connectivity index (χ2v) is 7.54. The fraction of sp³-hybridized carbons (Fsp3) is 0.280. The second-order valence-electron chi connectivity index (χ2n) is 7.54. The average molecular weight is 402 g/mol. The van der Waals surface area contributed by atoms with Crippen LogP contribution in [0.2, 0.25) is 0 Å². The summed E-state index contributed by atoms with van der Waals surface area (Å²) in [6, 6.07) is 19.9. The van der Waals surface area contributed by atoms with E-state index < -0.39 is 0 Å². The van der Waals surface area contributed by atoms with E-state index in [-0.39, 0.29) is 18.4 Å². The highest BCUT2D eigenvalue weighted by Gasteiger charge is 2.24. The average Bonchev–Trinajstić information content (AvgIpc) is 3.10. The summed E-state index contributed by atoms with van der Waals surface area (Å²) in [5.41, 5.74) is 5.59. The summed E-state index contributed by atoms with van der Waals surface area (Å²) in [5.74, 6) is -0.305. The van der Waals surface area contributed by atoms with Gasteiger partial charge in [0.25, 0.3) is 0 Å². The molecule has 1 aliphatic rings. The Morgan fingerprint density at radius 3 is 2.43 bits per heavy atom. The number of aromatic nitrogens is 1. The number of nitrogens with zero attached hydrogens (tertiary/aromatic N) is 2. The topological polar surface area (TPSA) is 51.5 Å². The van der Waals surface area contributed by atoms with Crippen molar-refractivity contribution in [2.24, 2.45) is 0 Å². The highest BCUT2D eigenvalue weighted by molar-refractivity contribution is 5.93. The summed E-state index contributed by atoms with van der Waals surface area (Å²) in [4.78, 5) is 27.6. The number of fused-ring (bicyclic) bond motifs is 1. The number of benzene rings is 2. The van der Waals surface area contributed by atoms with E-state index in [4.69, 9.17) is 4.74 Å². The molecule has 2 aromatic carbocycles. The van der Waals surface area contributed by atoms with Gasteiger partial charge in [-0.3, -0.25) is 4.79 Å². The lowest BCUT2D eigenvalue weighted by Crippen LogP contribution is -2.38. The summed E-state index contributed by atoms with van der Waals surface area (Å²) < 4.78 is 7.16. The fourth-order valence-electron chi connectivity index (χ4n) is 4.06. The van der Waals surface area contributed by atoms with Crippen molar-refractivity contribution < 1.29 is 14.3 Å². The van der Waals surface area contributed by atoms with Crippen LogP contribution < -0.4 is 0 Å². The molecule has 0 unspecified atom stereocenters.